The average Bonchev–Trinajstić information content (AvgIpc) is 3.40. The van der Waals surface area contributed by atoms with E-state index in [1.807, 2.05) is 0 Å². The molecule has 3 atom stereocenters. The summed E-state index contributed by atoms with van der Waals surface area (Å²) in [6.45, 7) is 0. The van der Waals surface area contributed by atoms with E-state index in [0.29, 0.717) is 12.5 Å². The second-order valence-corrected chi connectivity index (χ2v) is 10.4. The summed E-state index contributed by atoms with van der Waals surface area (Å²) in [5.74, 6) is -4.91. The highest BCUT2D eigenvalue weighted by molar-refractivity contribution is 5.99. The number of alkyl halides is 5. The lowest BCUT2D eigenvalue weighted by molar-refractivity contribution is -0.140. The number of carbonyl (C=O) groups is 2. The van der Waals surface area contributed by atoms with Crippen molar-refractivity contribution in [1.82, 2.24) is 9.88 Å². The quantitative estimate of drug-likeness (QED) is 0.531. The van der Waals surface area contributed by atoms with Gasteiger partial charge in [0.2, 0.25) is 5.91 Å². The van der Waals surface area contributed by atoms with Crippen LogP contribution in [-0.4, -0.2) is 44.5 Å². The van der Waals surface area contributed by atoms with Crippen molar-refractivity contribution in [1.29, 1.82) is 0 Å². The van der Waals surface area contributed by atoms with Gasteiger partial charge in [0.1, 0.15) is 23.4 Å². The number of nitrogens with two attached hydrogens (primary N) is 1. The number of halogens is 7. The third-order valence-corrected chi connectivity index (χ3v) is 8.13. The van der Waals surface area contributed by atoms with Gasteiger partial charge in [-0.25, -0.2) is 17.6 Å². The van der Waals surface area contributed by atoms with Crippen molar-refractivity contribution in [2.24, 2.45) is 11.7 Å². The molecule has 5 rings (SSSR count). The van der Waals surface area contributed by atoms with Crippen LogP contribution in [0, 0.1) is 17.6 Å². The van der Waals surface area contributed by atoms with Gasteiger partial charge in [-0.05, 0) is 67.9 Å². The van der Waals surface area contributed by atoms with Crippen LogP contribution in [0.3, 0.4) is 0 Å². The summed E-state index contributed by atoms with van der Waals surface area (Å²) < 4.78 is 95.3. The standard InChI is InChI=1S/C25H22F7N3O3/c26-16-6-15(25(30,31)32)17(27)5-14(16)23(8-13(36)9-23)10-24-7-12(24)4-19(21(33)37)35(24)22(38)11-1-2-34-18(3-11)20(28)29/h1-3,5-6,12-13,19-20,36H,4,7-10H2,(H2,33,37)/t12-,13?,19-,23?,24-/m1/s1. The third-order valence-electron chi connectivity index (χ3n) is 8.13. The van der Waals surface area contributed by atoms with Crippen molar-refractivity contribution < 1.29 is 45.4 Å². The lowest BCUT2D eigenvalue weighted by Gasteiger charge is -2.49. The highest BCUT2D eigenvalue weighted by atomic mass is 19.4. The first-order valence-electron chi connectivity index (χ1n) is 11.8. The van der Waals surface area contributed by atoms with E-state index in [-0.39, 0.29) is 48.8 Å². The Bertz CT molecular complexity index is 1310. The second kappa shape index (κ2) is 8.65. The lowest BCUT2D eigenvalue weighted by atomic mass is 9.59. The number of aromatic nitrogens is 1. The second-order valence-electron chi connectivity index (χ2n) is 10.4. The minimum atomic E-state index is -5.12. The molecule has 204 valence electrons. The van der Waals surface area contributed by atoms with Crippen LogP contribution in [0.5, 0.6) is 0 Å². The van der Waals surface area contributed by atoms with Crippen LogP contribution in [0.25, 0.3) is 0 Å². The van der Waals surface area contributed by atoms with Crippen LogP contribution in [0.1, 0.15) is 65.7 Å². The minimum absolute atomic E-state index is 0.0752. The molecule has 3 N–H and O–H groups in total. The first-order chi connectivity index (χ1) is 17.7. The van der Waals surface area contributed by atoms with Crippen LogP contribution in [0.4, 0.5) is 30.7 Å². The normalized spacial score (nSPS) is 30.2. The molecule has 0 spiro atoms. The summed E-state index contributed by atoms with van der Waals surface area (Å²) >= 11 is 0. The highest BCUT2D eigenvalue weighted by Crippen LogP contribution is 2.66. The van der Waals surface area contributed by atoms with Gasteiger partial charge in [-0.2, -0.15) is 13.2 Å². The Hall–Kier alpha value is -3.22. The summed E-state index contributed by atoms with van der Waals surface area (Å²) in [4.78, 5) is 30.6. The van der Waals surface area contributed by atoms with E-state index < -0.39 is 70.4 Å². The zero-order valence-electron chi connectivity index (χ0n) is 19.6. The van der Waals surface area contributed by atoms with Gasteiger partial charge >= 0.3 is 6.18 Å². The van der Waals surface area contributed by atoms with Crippen molar-refractivity contribution in [2.75, 3.05) is 0 Å². The summed E-state index contributed by atoms with van der Waals surface area (Å²) in [7, 11) is 0. The molecule has 3 fully saturated rings. The van der Waals surface area contributed by atoms with Crippen LogP contribution < -0.4 is 5.73 Å². The molecule has 6 nitrogen and oxygen atoms in total. The minimum Gasteiger partial charge on any atom is -0.393 e. The molecule has 2 aromatic rings. The zero-order chi connectivity index (χ0) is 27.8. The predicted molar refractivity (Wildman–Crippen MR) is 117 cm³/mol. The number of piperidine rings is 1. The number of hydrogen-bond donors (Lipinski definition) is 2. The van der Waals surface area contributed by atoms with Gasteiger partial charge in [0.25, 0.3) is 12.3 Å². The van der Waals surface area contributed by atoms with Gasteiger partial charge in [-0.1, -0.05) is 0 Å². The molecule has 0 unspecified atom stereocenters. The molecule has 13 heteroatoms. The number of benzene rings is 1. The van der Waals surface area contributed by atoms with E-state index in [9.17, 15) is 41.0 Å². The fraction of sp³-hybridized carbons (Fsp3) is 0.480. The molecular formula is C25H22F7N3O3. The third kappa shape index (κ3) is 4.11. The Kier molecular flexibility index (Phi) is 6.01. The molecule has 1 aliphatic heterocycles. The molecule has 38 heavy (non-hydrogen) atoms. The van der Waals surface area contributed by atoms with Gasteiger partial charge in [-0.3, -0.25) is 14.6 Å². The van der Waals surface area contributed by atoms with Crippen molar-refractivity contribution in [2.45, 2.75) is 67.8 Å². The molecule has 1 saturated heterocycles. The molecule has 0 bridgehead atoms. The molecular weight excluding hydrogens is 523 g/mol. The fourth-order valence-electron chi connectivity index (χ4n) is 6.44. The Morgan fingerprint density at radius 3 is 2.39 bits per heavy atom. The number of fused-ring (bicyclic) bond motifs is 1. The fourth-order valence-corrected chi connectivity index (χ4v) is 6.44. The van der Waals surface area contributed by atoms with E-state index in [2.05, 4.69) is 4.98 Å². The topological polar surface area (TPSA) is 96.5 Å². The number of nitrogens with zero attached hydrogens (tertiary/aromatic N) is 2. The summed E-state index contributed by atoms with van der Waals surface area (Å²) in [5.41, 5.74) is 0.126. The molecule has 0 radical (unpaired) electrons. The number of amides is 2. The summed E-state index contributed by atoms with van der Waals surface area (Å²) in [5, 5.41) is 10.1. The van der Waals surface area contributed by atoms with Crippen LogP contribution >= 0.6 is 0 Å². The number of rotatable bonds is 6. The van der Waals surface area contributed by atoms with E-state index in [4.69, 9.17) is 5.73 Å². The SMILES string of the molecule is NC(=O)[C@H]1C[C@@H]2C[C@]2(CC2(c3cc(F)c(C(F)(F)F)cc3F)CC(O)C2)N1C(=O)c1ccnc(C(F)F)c1. The number of primary amides is 1. The number of aliphatic hydroxyl groups is 1. The molecule has 1 aromatic carbocycles. The van der Waals surface area contributed by atoms with Crippen molar-refractivity contribution in [3.05, 3.63) is 64.5 Å². The van der Waals surface area contributed by atoms with E-state index in [0.717, 1.165) is 12.3 Å². The van der Waals surface area contributed by atoms with Crippen molar-refractivity contribution >= 4 is 11.8 Å². The number of aliphatic hydroxyl groups excluding tert-OH is 1. The Morgan fingerprint density at radius 2 is 1.82 bits per heavy atom. The molecule has 2 heterocycles. The Balaban J connectivity index is 1.55. The molecule has 2 aliphatic carbocycles. The van der Waals surface area contributed by atoms with E-state index >= 15 is 4.39 Å². The molecule has 2 amide bonds. The number of pyridine rings is 1. The number of hydrogen-bond acceptors (Lipinski definition) is 4. The monoisotopic (exact) mass is 545 g/mol. The van der Waals surface area contributed by atoms with E-state index in [1.165, 1.54) is 11.0 Å². The maximum atomic E-state index is 15.1. The number of likely N-dealkylation sites (tertiary alicyclic amines) is 1. The Labute approximate surface area is 211 Å². The Morgan fingerprint density at radius 1 is 1.13 bits per heavy atom. The first kappa shape index (κ1) is 26.4. The smallest absolute Gasteiger partial charge is 0.393 e. The van der Waals surface area contributed by atoms with Crippen molar-refractivity contribution in [3.63, 3.8) is 0 Å². The first-order valence-corrected chi connectivity index (χ1v) is 11.8. The largest absolute Gasteiger partial charge is 0.419 e. The van der Waals surface area contributed by atoms with Crippen LogP contribution in [-0.2, 0) is 16.4 Å². The van der Waals surface area contributed by atoms with Gasteiger partial charge in [0, 0.05) is 22.7 Å². The maximum absolute atomic E-state index is 15.1. The number of carbonyl (C=O) groups excluding carboxylic acids is 2. The lowest BCUT2D eigenvalue weighted by Crippen LogP contribution is -2.55. The summed E-state index contributed by atoms with van der Waals surface area (Å²) in [6, 6.07) is 1.53. The zero-order valence-corrected chi connectivity index (χ0v) is 19.6. The average molecular weight is 545 g/mol. The summed E-state index contributed by atoms with van der Waals surface area (Å²) in [6.07, 6.45) is -7.85. The van der Waals surface area contributed by atoms with Crippen molar-refractivity contribution in [3.8, 4) is 0 Å². The highest BCUT2D eigenvalue weighted by Gasteiger charge is 2.70. The van der Waals surface area contributed by atoms with Crippen LogP contribution in [0.2, 0.25) is 0 Å². The molecule has 3 aliphatic rings. The van der Waals surface area contributed by atoms with E-state index in [1.54, 1.807) is 0 Å². The van der Waals surface area contributed by atoms with Gasteiger partial charge in [0.15, 0.2) is 0 Å². The van der Waals surface area contributed by atoms with Gasteiger partial charge in [0.05, 0.1) is 11.7 Å². The van der Waals surface area contributed by atoms with Gasteiger partial charge < -0.3 is 15.7 Å². The molecule has 1 aromatic heterocycles. The van der Waals surface area contributed by atoms with Gasteiger partial charge in [-0.15, -0.1) is 0 Å². The maximum Gasteiger partial charge on any atom is 0.419 e. The predicted octanol–water partition coefficient (Wildman–Crippen LogP) is 4.26. The van der Waals surface area contributed by atoms with Crippen LogP contribution in [0.15, 0.2) is 30.5 Å². The molecule has 2 saturated carbocycles.